The lowest BCUT2D eigenvalue weighted by Gasteiger charge is -2.16. The standard InChI is InChI=1S/C20H25NO2/c1-14(2)18-7-5-6-8-19(18)23-13-20(22)21-16(4)17-11-9-15(3)10-12-17/h5-12,14,16H,13H2,1-4H3,(H,21,22). The van der Waals surface area contributed by atoms with E-state index in [-0.39, 0.29) is 18.6 Å². The maximum atomic E-state index is 12.1. The average Bonchev–Trinajstić information content (AvgIpc) is 2.53. The van der Waals surface area contributed by atoms with Gasteiger partial charge in [0, 0.05) is 0 Å². The topological polar surface area (TPSA) is 38.3 Å². The number of nitrogens with one attached hydrogen (secondary N) is 1. The van der Waals surface area contributed by atoms with Crippen LogP contribution >= 0.6 is 0 Å². The summed E-state index contributed by atoms with van der Waals surface area (Å²) in [5, 5.41) is 2.97. The van der Waals surface area contributed by atoms with Gasteiger partial charge in [-0.25, -0.2) is 0 Å². The molecule has 1 N–H and O–H groups in total. The quantitative estimate of drug-likeness (QED) is 0.860. The van der Waals surface area contributed by atoms with E-state index in [4.69, 9.17) is 4.74 Å². The highest BCUT2D eigenvalue weighted by Gasteiger charge is 2.12. The number of hydrogen-bond acceptors (Lipinski definition) is 2. The van der Waals surface area contributed by atoms with Gasteiger partial charge in [-0.15, -0.1) is 0 Å². The maximum Gasteiger partial charge on any atom is 0.258 e. The van der Waals surface area contributed by atoms with Gasteiger partial charge in [-0.1, -0.05) is 61.9 Å². The molecule has 1 atom stereocenters. The summed E-state index contributed by atoms with van der Waals surface area (Å²) in [7, 11) is 0. The molecule has 1 amide bonds. The fourth-order valence-corrected chi connectivity index (χ4v) is 2.45. The minimum absolute atomic E-state index is 0.0277. The van der Waals surface area contributed by atoms with Gasteiger partial charge in [-0.2, -0.15) is 0 Å². The second-order valence-electron chi connectivity index (χ2n) is 6.18. The molecule has 1 unspecified atom stereocenters. The van der Waals surface area contributed by atoms with E-state index in [0.717, 1.165) is 16.9 Å². The third-order valence-corrected chi connectivity index (χ3v) is 3.85. The molecule has 0 fully saturated rings. The molecule has 0 aliphatic carbocycles. The molecule has 2 aromatic carbocycles. The second-order valence-corrected chi connectivity index (χ2v) is 6.18. The molecular weight excluding hydrogens is 286 g/mol. The highest BCUT2D eigenvalue weighted by Crippen LogP contribution is 2.25. The fraction of sp³-hybridized carbons (Fsp3) is 0.350. The van der Waals surface area contributed by atoms with Gasteiger partial charge in [0.15, 0.2) is 6.61 Å². The summed E-state index contributed by atoms with van der Waals surface area (Å²) in [6, 6.07) is 16.0. The Morgan fingerprint density at radius 3 is 2.35 bits per heavy atom. The lowest BCUT2D eigenvalue weighted by atomic mass is 10.0. The van der Waals surface area contributed by atoms with Gasteiger partial charge < -0.3 is 10.1 Å². The van der Waals surface area contributed by atoms with Gasteiger partial charge in [0.1, 0.15) is 5.75 Å². The van der Waals surface area contributed by atoms with E-state index in [1.54, 1.807) is 0 Å². The van der Waals surface area contributed by atoms with Crippen molar-refractivity contribution in [3.05, 3.63) is 65.2 Å². The Balaban J connectivity index is 1.91. The van der Waals surface area contributed by atoms with Crippen molar-refractivity contribution >= 4 is 5.91 Å². The predicted molar refractivity (Wildman–Crippen MR) is 93.8 cm³/mol. The Bertz CT molecular complexity index is 647. The monoisotopic (exact) mass is 311 g/mol. The van der Waals surface area contributed by atoms with E-state index in [2.05, 4.69) is 19.2 Å². The van der Waals surface area contributed by atoms with Gasteiger partial charge >= 0.3 is 0 Å². The third-order valence-electron chi connectivity index (χ3n) is 3.85. The van der Waals surface area contributed by atoms with Crippen LogP contribution in [-0.2, 0) is 4.79 Å². The van der Waals surface area contributed by atoms with E-state index in [0.29, 0.717) is 5.92 Å². The van der Waals surface area contributed by atoms with Crippen molar-refractivity contribution in [3.8, 4) is 5.75 Å². The van der Waals surface area contributed by atoms with Crippen LogP contribution in [0.3, 0.4) is 0 Å². The van der Waals surface area contributed by atoms with E-state index in [1.165, 1.54) is 5.56 Å². The number of ether oxygens (including phenoxy) is 1. The van der Waals surface area contributed by atoms with Crippen LogP contribution in [0.1, 0.15) is 49.4 Å². The van der Waals surface area contributed by atoms with Gasteiger partial charge in [0.05, 0.1) is 6.04 Å². The van der Waals surface area contributed by atoms with Crippen LogP contribution in [0.25, 0.3) is 0 Å². The SMILES string of the molecule is Cc1ccc(C(C)NC(=O)COc2ccccc2C(C)C)cc1. The van der Waals surface area contributed by atoms with Crippen molar-refractivity contribution in [1.29, 1.82) is 0 Å². The second kappa shape index (κ2) is 7.82. The molecule has 23 heavy (non-hydrogen) atoms. The Hall–Kier alpha value is -2.29. The molecule has 0 heterocycles. The summed E-state index contributed by atoms with van der Waals surface area (Å²) < 4.78 is 5.70. The fourth-order valence-electron chi connectivity index (χ4n) is 2.45. The largest absolute Gasteiger partial charge is 0.483 e. The van der Waals surface area contributed by atoms with Crippen LogP contribution in [0, 0.1) is 6.92 Å². The van der Waals surface area contributed by atoms with Crippen molar-refractivity contribution in [2.24, 2.45) is 0 Å². The van der Waals surface area contributed by atoms with Gasteiger partial charge in [-0.05, 0) is 37.0 Å². The molecule has 0 spiro atoms. The molecule has 2 aromatic rings. The van der Waals surface area contributed by atoms with Gasteiger partial charge in [-0.3, -0.25) is 4.79 Å². The number of rotatable bonds is 6. The third kappa shape index (κ3) is 4.85. The van der Waals surface area contributed by atoms with Crippen LogP contribution in [0.5, 0.6) is 5.75 Å². The predicted octanol–water partition coefficient (Wildman–Crippen LogP) is 4.37. The molecular formula is C20H25NO2. The molecule has 0 aliphatic rings. The first-order valence-corrected chi connectivity index (χ1v) is 8.05. The zero-order valence-electron chi connectivity index (χ0n) is 14.3. The first kappa shape index (κ1) is 17.1. The molecule has 0 aliphatic heterocycles. The number of hydrogen-bond donors (Lipinski definition) is 1. The highest BCUT2D eigenvalue weighted by atomic mass is 16.5. The summed E-state index contributed by atoms with van der Waals surface area (Å²) in [6.45, 7) is 8.28. The smallest absolute Gasteiger partial charge is 0.258 e. The summed E-state index contributed by atoms with van der Waals surface area (Å²) in [4.78, 5) is 12.1. The first-order valence-electron chi connectivity index (χ1n) is 8.05. The van der Waals surface area contributed by atoms with E-state index < -0.39 is 0 Å². The molecule has 0 saturated heterocycles. The molecule has 2 rings (SSSR count). The van der Waals surface area contributed by atoms with Crippen molar-refractivity contribution in [1.82, 2.24) is 5.32 Å². The Labute approximate surface area is 138 Å². The Morgan fingerprint density at radius 1 is 1.04 bits per heavy atom. The molecule has 3 heteroatoms. The van der Waals surface area contributed by atoms with E-state index in [1.807, 2.05) is 62.4 Å². The van der Waals surface area contributed by atoms with Crippen molar-refractivity contribution in [2.45, 2.75) is 39.7 Å². The zero-order valence-corrected chi connectivity index (χ0v) is 14.3. The molecule has 0 bridgehead atoms. The van der Waals surface area contributed by atoms with Crippen LogP contribution in [0.2, 0.25) is 0 Å². The minimum Gasteiger partial charge on any atom is -0.483 e. The Kier molecular flexibility index (Phi) is 5.80. The highest BCUT2D eigenvalue weighted by molar-refractivity contribution is 5.78. The van der Waals surface area contributed by atoms with Gasteiger partial charge in [0.25, 0.3) is 5.91 Å². The van der Waals surface area contributed by atoms with E-state index in [9.17, 15) is 4.79 Å². The molecule has 0 aromatic heterocycles. The number of carbonyl (C=O) groups excluding carboxylic acids is 1. The zero-order chi connectivity index (χ0) is 16.8. The summed E-state index contributed by atoms with van der Waals surface area (Å²) >= 11 is 0. The van der Waals surface area contributed by atoms with Crippen LogP contribution < -0.4 is 10.1 Å². The maximum absolute atomic E-state index is 12.1. The van der Waals surface area contributed by atoms with E-state index >= 15 is 0 Å². The van der Waals surface area contributed by atoms with Crippen molar-refractivity contribution < 1.29 is 9.53 Å². The lowest BCUT2D eigenvalue weighted by Crippen LogP contribution is -2.31. The van der Waals surface area contributed by atoms with Crippen molar-refractivity contribution in [2.75, 3.05) is 6.61 Å². The summed E-state index contributed by atoms with van der Waals surface area (Å²) in [5.41, 5.74) is 3.42. The number of para-hydroxylation sites is 1. The van der Waals surface area contributed by atoms with Gasteiger partial charge in [0.2, 0.25) is 0 Å². The molecule has 0 radical (unpaired) electrons. The van der Waals surface area contributed by atoms with Crippen molar-refractivity contribution in [3.63, 3.8) is 0 Å². The Morgan fingerprint density at radius 2 is 1.70 bits per heavy atom. The lowest BCUT2D eigenvalue weighted by molar-refractivity contribution is -0.123. The summed E-state index contributed by atoms with van der Waals surface area (Å²) in [5.74, 6) is 1.03. The molecule has 0 saturated carbocycles. The number of amides is 1. The minimum atomic E-state index is -0.114. The number of carbonyl (C=O) groups is 1. The number of aryl methyl sites for hydroxylation is 1. The first-order chi connectivity index (χ1) is 11.0. The molecule has 3 nitrogen and oxygen atoms in total. The van der Waals surface area contributed by atoms with Crippen LogP contribution in [0.15, 0.2) is 48.5 Å². The normalized spacial score (nSPS) is 12.0. The number of benzene rings is 2. The van der Waals surface area contributed by atoms with Crippen LogP contribution in [-0.4, -0.2) is 12.5 Å². The summed E-state index contributed by atoms with van der Waals surface area (Å²) in [6.07, 6.45) is 0. The molecule has 122 valence electrons. The van der Waals surface area contributed by atoms with Crippen LogP contribution in [0.4, 0.5) is 0 Å². The average molecular weight is 311 g/mol.